The number of aromatic hydroxyl groups is 1. The summed E-state index contributed by atoms with van der Waals surface area (Å²) in [7, 11) is 0. The number of ether oxygens (including phenoxy) is 1. The lowest BCUT2D eigenvalue weighted by Crippen LogP contribution is -2.37. The lowest BCUT2D eigenvalue weighted by atomic mass is 10.2. The minimum absolute atomic E-state index is 0. The van der Waals surface area contributed by atoms with E-state index in [-0.39, 0.29) is 23.8 Å². The number of thioether (sulfide) groups is 1. The molecule has 0 unspecified atom stereocenters. The van der Waals surface area contributed by atoms with Crippen LogP contribution in [0.5, 0.6) is 5.88 Å². The number of hydrogen-bond acceptors (Lipinski definition) is 6. The molecule has 0 bridgehead atoms. The molecule has 1 fully saturated rings. The standard InChI is InChI=1S/C19H25N3O3S.ClH/c1-2-6-16-17(23)20-19(26-14-11-21-9-12-25-13-10-21)22(18(16)24)15-7-4-3-5-8-15;/h3-5,7-8,23H,2,6,9-14H2,1H3;1H. The molecule has 0 atom stereocenters. The molecule has 2 aromatic rings. The summed E-state index contributed by atoms with van der Waals surface area (Å²) in [5.41, 5.74) is 0.976. The number of benzene rings is 1. The molecular weight excluding hydrogens is 386 g/mol. The molecule has 27 heavy (non-hydrogen) atoms. The van der Waals surface area contributed by atoms with Gasteiger partial charge in [0, 0.05) is 25.4 Å². The van der Waals surface area contributed by atoms with Crippen molar-refractivity contribution in [3.63, 3.8) is 0 Å². The Morgan fingerprint density at radius 3 is 2.59 bits per heavy atom. The highest BCUT2D eigenvalue weighted by Gasteiger charge is 2.18. The van der Waals surface area contributed by atoms with Gasteiger partial charge >= 0.3 is 0 Å². The smallest absolute Gasteiger partial charge is 0.265 e. The highest BCUT2D eigenvalue weighted by atomic mass is 35.5. The highest BCUT2D eigenvalue weighted by Crippen LogP contribution is 2.23. The molecular formula is C19H26ClN3O3S. The van der Waals surface area contributed by atoms with Gasteiger partial charge in [0.25, 0.3) is 5.56 Å². The van der Waals surface area contributed by atoms with Crippen molar-refractivity contribution in [1.29, 1.82) is 0 Å². The molecule has 0 spiro atoms. The van der Waals surface area contributed by atoms with Crippen LogP contribution < -0.4 is 5.56 Å². The Bertz CT molecular complexity index is 780. The van der Waals surface area contributed by atoms with Gasteiger partial charge in [0.1, 0.15) is 0 Å². The van der Waals surface area contributed by atoms with Crippen LogP contribution in [0, 0.1) is 0 Å². The fourth-order valence-electron chi connectivity index (χ4n) is 2.99. The van der Waals surface area contributed by atoms with Gasteiger partial charge in [-0.05, 0) is 18.6 Å². The second kappa shape index (κ2) is 10.7. The minimum atomic E-state index is -0.181. The molecule has 148 valence electrons. The van der Waals surface area contributed by atoms with Gasteiger partial charge in [0.15, 0.2) is 5.16 Å². The van der Waals surface area contributed by atoms with E-state index in [1.54, 1.807) is 4.57 Å². The number of aromatic nitrogens is 2. The van der Waals surface area contributed by atoms with Crippen molar-refractivity contribution in [1.82, 2.24) is 14.5 Å². The second-order valence-corrected chi connectivity index (χ2v) is 7.29. The number of halogens is 1. The normalized spacial score (nSPS) is 14.7. The fourth-order valence-corrected chi connectivity index (χ4v) is 3.99. The van der Waals surface area contributed by atoms with E-state index in [2.05, 4.69) is 9.88 Å². The average molecular weight is 412 g/mol. The molecule has 3 rings (SSSR count). The number of nitrogens with zero attached hydrogens (tertiary/aromatic N) is 3. The maximum atomic E-state index is 13.0. The molecule has 6 nitrogen and oxygen atoms in total. The summed E-state index contributed by atoms with van der Waals surface area (Å²) in [5, 5.41) is 10.8. The van der Waals surface area contributed by atoms with Gasteiger partial charge in [-0.15, -0.1) is 12.4 Å². The van der Waals surface area contributed by atoms with Gasteiger partial charge in [-0.2, -0.15) is 4.98 Å². The zero-order valence-electron chi connectivity index (χ0n) is 15.5. The van der Waals surface area contributed by atoms with Crippen LogP contribution in [0.4, 0.5) is 0 Å². The Kier molecular flexibility index (Phi) is 8.63. The molecule has 0 radical (unpaired) electrons. The van der Waals surface area contributed by atoms with E-state index in [1.165, 1.54) is 11.8 Å². The van der Waals surface area contributed by atoms with Gasteiger partial charge in [0.2, 0.25) is 5.88 Å². The van der Waals surface area contributed by atoms with Crippen LogP contribution in [-0.2, 0) is 11.2 Å². The zero-order valence-corrected chi connectivity index (χ0v) is 17.1. The van der Waals surface area contributed by atoms with E-state index in [0.29, 0.717) is 17.1 Å². The van der Waals surface area contributed by atoms with Gasteiger partial charge in [-0.1, -0.05) is 43.3 Å². The van der Waals surface area contributed by atoms with Crippen LogP contribution >= 0.6 is 24.2 Å². The molecule has 1 aliphatic rings. The maximum Gasteiger partial charge on any atom is 0.265 e. The third-order valence-electron chi connectivity index (χ3n) is 4.38. The van der Waals surface area contributed by atoms with E-state index in [9.17, 15) is 9.90 Å². The number of morpholine rings is 1. The first-order valence-corrected chi connectivity index (χ1v) is 10.0. The Balaban J connectivity index is 0.00000261. The van der Waals surface area contributed by atoms with Crippen LogP contribution in [0.3, 0.4) is 0 Å². The monoisotopic (exact) mass is 411 g/mol. The predicted octanol–water partition coefficient (Wildman–Crippen LogP) is 2.74. The van der Waals surface area contributed by atoms with Crippen LogP contribution in [0.15, 0.2) is 40.3 Å². The van der Waals surface area contributed by atoms with E-state index in [1.807, 2.05) is 37.3 Å². The van der Waals surface area contributed by atoms with Gasteiger partial charge in [-0.3, -0.25) is 14.3 Å². The zero-order chi connectivity index (χ0) is 18.4. The first kappa shape index (κ1) is 21.8. The molecule has 0 saturated carbocycles. The second-order valence-electron chi connectivity index (χ2n) is 6.23. The summed E-state index contributed by atoms with van der Waals surface area (Å²) in [4.78, 5) is 19.7. The average Bonchev–Trinajstić information content (AvgIpc) is 2.67. The van der Waals surface area contributed by atoms with E-state index in [0.717, 1.165) is 50.7 Å². The molecule has 1 N–H and O–H groups in total. The van der Waals surface area contributed by atoms with Crippen molar-refractivity contribution in [2.45, 2.75) is 24.9 Å². The molecule has 2 heterocycles. The highest BCUT2D eigenvalue weighted by molar-refractivity contribution is 7.99. The Morgan fingerprint density at radius 2 is 1.93 bits per heavy atom. The topological polar surface area (TPSA) is 67.6 Å². The summed E-state index contributed by atoms with van der Waals surface area (Å²) < 4.78 is 6.99. The summed E-state index contributed by atoms with van der Waals surface area (Å²) in [6.07, 6.45) is 1.30. The Hall–Kier alpha value is -1.54. The molecule has 0 aliphatic carbocycles. The third-order valence-corrected chi connectivity index (χ3v) is 5.30. The van der Waals surface area contributed by atoms with Crippen LogP contribution in [0.1, 0.15) is 18.9 Å². The minimum Gasteiger partial charge on any atom is -0.493 e. The lowest BCUT2D eigenvalue weighted by Gasteiger charge is -2.26. The molecule has 0 amide bonds. The van der Waals surface area contributed by atoms with Gasteiger partial charge < -0.3 is 9.84 Å². The maximum absolute atomic E-state index is 13.0. The largest absolute Gasteiger partial charge is 0.493 e. The van der Waals surface area contributed by atoms with Gasteiger partial charge in [0.05, 0.1) is 24.5 Å². The van der Waals surface area contributed by atoms with E-state index in [4.69, 9.17) is 4.74 Å². The number of para-hydroxylation sites is 1. The van der Waals surface area contributed by atoms with Crippen LogP contribution in [0.2, 0.25) is 0 Å². The first-order chi connectivity index (χ1) is 12.7. The Labute approximate surface area is 170 Å². The van der Waals surface area contributed by atoms with Crippen molar-refractivity contribution >= 4 is 24.2 Å². The van der Waals surface area contributed by atoms with Crippen molar-refractivity contribution < 1.29 is 9.84 Å². The molecule has 1 aromatic carbocycles. The van der Waals surface area contributed by atoms with Crippen molar-refractivity contribution in [3.05, 3.63) is 46.2 Å². The number of hydrogen-bond donors (Lipinski definition) is 1. The lowest BCUT2D eigenvalue weighted by molar-refractivity contribution is 0.0410. The van der Waals surface area contributed by atoms with Crippen molar-refractivity contribution in [2.24, 2.45) is 0 Å². The fraction of sp³-hybridized carbons (Fsp3) is 0.474. The van der Waals surface area contributed by atoms with Crippen molar-refractivity contribution in [3.8, 4) is 11.6 Å². The number of rotatable bonds is 7. The van der Waals surface area contributed by atoms with E-state index >= 15 is 0 Å². The first-order valence-electron chi connectivity index (χ1n) is 9.04. The van der Waals surface area contributed by atoms with Crippen LogP contribution in [0.25, 0.3) is 5.69 Å². The van der Waals surface area contributed by atoms with E-state index < -0.39 is 0 Å². The molecule has 1 aromatic heterocycles. The Morgan fingerprint density at radius 1 is 1.22 bits per heavy atom. The summed E-state index contributed by atoms with van der Waals surface area (Å²) >= 11 is 1.50. The summed E-state index contributed by atoms with van der Waals surface area (Å²) in [6.45, 7) is 6.28. The molecule has 1 aliphatic heterocycles. The van der Waals surface area contributed by atoms with Gasteiger partial charge in [-0.25, -0.2) is 0 Å². The quantitative estimate of drug-likeness (QED) is 0.558. The third kappa shape index (κ3) is 5.48. The van der Waals surface area contributed by atoms with Crippen LogP contribution in [-0.4, -0.2) is 58.2 Å². The molecule has 1 saturated heterocycles. The summed E-state index contributed by atoms with van der Waals surface area (Å²) in [6, 6.07) is 9.50. The summed E-state index contributed by atoms with van der Waals surface area (Å²) in [5.74, 6) is 0.657. The van der Waals surface area contributed by atoms with Crippen molar-refractivity contribution in [2.75, 3.05) is 38.6 Å². The SMILES string of the molecule is CCCc1c(O)nc(SCCN2CCOCC2)n(-c2ccccc2)c1=O.Cl. The predicted molar refractivity (Wildman–Crippen MR) is 111 cm³/mol. The molecule has 8 heteroatoms.